The maximum absolute atomic E-state index is 9.70. The zero-order valence-electron chi connectivity index (χ0n) is 13.0. The molecule has 2 rings (SSSR count). The molecule has 118 valence electrons. The molecule has 2 unspecified atom stereocenters. The molecule has 3 N–H and O–H groups in total. The minimum absolute atomic E-state index is 0.0265. The summed E-state index contributed by atoms with van der Waals surface area (Å²) in [7, 11) is 0. The summed E-state index contributed by atoms with van der Waals surface area (Å²) in [6.45, 7) is 6.98. The van der Waals surface area contributed by atoms with E-state index in [2.05, 4.69) is 0 Å². The summed E-state index contributed by atoms with van der Waals surface area (Å²) in [6.07, 6.45) is 0.147. The lowest BCUT2D eigenvalue weighted by Crippen LogP contribution is -2.37. The standard InChI is InChI=1S/C16H25NO4/c1-4-19-9-11(18)10-20-12-5-6-13-14(17)8-16(2,3)21-15(13)7-12/h5-7,11,14,18H,4,8-10,17H2,1-3H3. The molecule has 1 heterocycles. The van der Waals surface area contributed by atoms with Gasteiger partial charge in [-0.15, -0.1) is 0 Å². The van der Waals surface area contributed by atoms with Crippen molar-refractivity contribution in [3.05, 3.63) is 23.8 Å². The highest BCUT2D eigenvalue weighted by Gasteiger charge is 2.31. The van der Waals surface area contributed by atoms with E-state index in [4.69, 9.17) is 19.9 Å². The zero-order valence-corrected chi connectivity index (χ0v) is 13.0. The normalized spacial score (nSPS) is 21.3. The van der Waals surface area contributed by atoms with Gasteiger partial charge in [-0.2, -0.15) is 0 Å². The van der Waals surface area contributed by atoms with Crippen molar-refractivity contribution in [3.8, 4) is 11.5 Å². The highest BCUT2D eigenvalue weighted by Crippen LogP contribution is 2.39. The van der Waals surface area contributed by atoms with E-state index in [-0.39, 0.29) is 24.9 Å². The SMILES string of the molecule is CCOCC(O)COc1ccc2c(c1)OC(C)(C)CC2N. The molecular formula is C16H25NO4. The van der Waals surface area contributed by atoms with Crippen LogP contribution in [-0.4, -0.2) is 36.6 Å². The second-order valence-electron chi connectivity index (χ2n) is 6.00. The lowest BCUT2D eigenvalue weighted by molar-refractivity contribution is 0.0162. The number of nitrogens with two attached hydrogens (primary N) is 1. The predicted molar refractivity (Wildman–Crippen MR) is 80.7 cm³/mol. The first-order valence-corrected chi connectivity index (χ1v) is 7.38. The third-order valence-electron chi connectivity index (χ3n) is 3.44. The van der Waals surface area contributed by atoms with E-state index < -0.39 is 6.10 Å². The van der Waals surface area contributed by atoms with E-state index in [0.717, 1.165) is 17.7 Å². The van der Waals surface area contributed by atoms with E-state index in [1.807, 2.05) is 39.0 Å². The molecule has 1 aliphatic rings. The van der Waals surface area contributed by atoms with Crippen LogP contribution in [0.15, 0.2) is 18.2 Å². The van der Waals surface area contributed by atoms with Gasteiger partial charge < -0.3 is 25.1 Å². The summed E-state index contributed by atoms with van der Waals surface area (Å²) >= 11 is 0. The van der Waals surface area contributed by atoms with Crippen molar-refractivity contribution >= 4 is 0 Å². The van der Waals surface area contributed by atoms with Crippen LogP contribution in [0.5, 0.6) is 11.5 Å². The molecule has 0 radical (unpaired) electrons. The third-order valence-corrected chi connectivity index (χ3v) is 3.44. The van der Waals surface area contributed by atoms with Gasteiger partial charge in [0.25, 0.3) is 0 Å². The molecule has 0 aromatic heterocycles. The largest absolute Gasteiger partial charge is 0.491 e. The predicted octanol–water partition coefficient (Wildman–Crippen LogP) is 2.02. The Balaban J connectivity index is 2.00. The molecule has 21 heavy (non-hydrogen) atoms. The van der Waals surface area contributed by atoms with Gasteiger partial charge in [-0.3, -0.25) is 0 Å². The van der Waals surface area contributed by atoms with Crippen LogP contribution in [0.25, 0.3) is 0 Å². The van der Waals surface area contributed by atoms with Gasteiger partial charge in [-0.05, 0) is 26.8 Å². The fourth-order valence-electron chi connectivity index (χ4n) is 2.47. The maximum Gasteiger partial charge on any atom is 0.128 e. The average molecular weight is 295 g/mol. The van der Waals surface area contributed by atoms with Gasteiger partial charge >= 0.3 is 0 Å². The number of rotatable bonds is 6. The molecule has 0 saturated heterocycles. The van der Waals surface area contributed by atoms with E-state index in [1.54, 1.807) is 0 Å². The Morgan fingerprint density at radius 1 is 1.43 bits per heavy atom. The molecule has 0 amide bonds. The number of hydrogen-bond donors (Lipinski definition) is 2. The number of benzene rings is 1. The zero-order chi connectivity index (χ0) is 15.5. The van der Waals surface area contributed by atoms with Crippen LogP contribution in [-0.2, 0) is 4.74 Å². The maximum atomic E-state index is 9.70. The van der Waals surface area contributed by atoms with Crippen molar-refractivity contribution in [2.24, 2.45) is 5.73 Å². The van der Waals surface area contributed by atoms with Crippen molar-refractivity contribution in [2.75, 3.05) is 19.8 Å². The van der Waals surface area contributed by atoms with Gasteiger partial charge in [0.05, 0.1) is 6.61 Å². The van der Waals surface area contributed by atoms with Crippen LogP contribution < -0.4 is 15.2 Å². The lowest BCUT2D eigenvalue weighted by atomic mass is 9.90. The fraction of sp³-hybridized carbons (Fsp3) is 0.625. The molecule has 5 nitrogen and oxygen atoms in total. The smallest absolute Gasteiger partial charge is 0.128 e. The van der Waals surface area contributed by atoms with E-state index in [0.29, 0.717) is 12.4 Å². The third kappa shape index (κ3) is 4.33. The highest BCUT2D eigenvalue weighted by molar-refractivity contribution is 5.44. The molecule has 1 aliphatic heterocycles. The Kier molecular flexibility index (Phi) is 5.08. The first-order valence-electron chi connectivity index (χ1n) is 7.38. The second-order valence-corrected chi connectivity index (χ2v) is 6.00. The van der Waals surface area contributed by atoms with Gasteiger partial charge in [0.15, 0.2) is 0 Å². The Bertz CT molecular complexity index is 475. The van der Waals surface area contributed by atoms with Gasteiger partial charge in [0, 0.05) is 30.7 Å². The highest BCUT2D eigenvalue weighted by atomic mass is 16.5. The molecule has 1 aromatic carbocycles. The number of ether oxygens (including phenoxy) is 3. The van der Waals surface area contributed by atoms with Crippen LogP contribution >= 0.6 is 0 Å². The number of hydrogen-bond acceptors (Lipinski definition) is 5. The molecule has 2 atom stereocenters. The monoisotopic (exact) mass is 295 g/mol. The van der Waals surface area contributed by atoms with Crippen molar-refractivity contribution in [3.63, 3.8) is 0 Å². The van der Waals surface area contributed by atoms with E-state index in [9.17, 15) is 5.11 Å². The van der Waals surface area contributed by atoms with Gasteiger partial charge in [-0.1, -0.05) is 6.07 Å². The van der Waals surface area contributed by atoms with Crippen LogP contribution in [0, 0.1) is 0 Å². The summed E-state index contributed by atoms with van der Waals surface area (Å²) in [6, 6.07) is 5.60. The molecule has 5 heteroatoms. The van der Waals surface area contributed by atoms with Crippen LogP contribution in [0.4, 0.5) is 0 Å². The second kappa shape index (κ2) is 6.64. The minimum Gasteiger partial charge on any atom is -0.491 e. The topological polar surface area (TPSA) is 73.9 Å². The molecule has 0 aliphatic carbocycles. The Morgan fingerprint density at radius 2 is 2.19 bits per heavy atom. The molecule has 1 aromatic rings. The van der Waals surface area contributed by atoms with E-state index in [1.165, 1.54) is 0 Å². The quantitative estimate of drug-likeness (QED) is 0.840. The molecule has 0 spiro atoms. The molecule has 0 saturated carbocycles. The summed E-state index contributed by atoms with van der Waals surface area (Å²) < 4.78 is 16.7. The summed E-state index contributed by atoms with van der Waals surface area (Å²) in [5, 5.41) is 9.70. The first-order chi connectivity index (χ1) is 9.91. The van der Waals surface area contributed by atoms with Crippen molar-refractivity contribution < 1.29 is 19.3 Å². The summed E-state index contributed by atoms with van der Waals surface area (Å²) in [4.78, 5) is 0. The Hall–Kier alpha value is -1.30. The summed E-state index contributed by atoms with van der Waals surface area (Å²) in [5.41, 5.74) is 6.89. The first kappa shape index (κ1) is 16.1. The molecule has 0 fully saturated rings. The number of fused-ring (bicyclic) bond motifs is 1. The lowest BCUT2D eigenvalue weighted by Gasteiger charge is -2.36. The van der Waals surface area contributed by atoms with Crippen LogP contribution in [0.3, 0.4) is 0 Å². The molecular weight excluding hydrogens is 270 g/mol. The van der Waals surface area contributed by atoms with Crippen LogP contribution in [0.2, 0.25) is 0 Å². The summed E-state index contributed by atoms with van der Waals surface area (Å²) in [5.74, 6) is 1.42. The average Bonchev–Trinajstić information content (AvgIpc) is 2.41. The van der Waals surface area contributed by atoms with Crippen molar-refractivity contribution in [1.29, 1.82) is 0 Å². The minimum atomic E-state index is -0.638. The fourth-order valence-corrected chi connectivity index (χ4v) is 2.47. The number of aliphatic hydroxyl groups is 1. The number of aliphatic hydroxyl groups excluding tert-OH is 1. The van der Waals surface area contributed by atoms with E-state index >= 15 is 0 Å². The Morgan fingerprint density at radius 3 is 2.90 bits per heavy atom. The van der Waals surface area contributed by atoms with Crippen LogP contribution in [0.1, 0.15) is 38.8 Å². The van der Waals surface area contributed by atoms with Crippen molar-refractivity contribution in [1.82, 2.24) is 0 Å². The Labute approximate surface area is 126 Å². The van der Waals surface area contributed by atoms with Crippen molar-refractivity contribution in [2.45, 2.75) is 44.9 Å². The molecule has 0 bridgehead atoms. The van der Waals surface area contributed by atoms with Gasteiger partial charge in [0.1, 0.15) is 29.8 Å². The van der Waals surface area contributed by atoms with Gasteiger partial charge in [0.2, 0.25) is 0 Å². The van der Waals surface area contributed by atoms with Gasteiger partial charge in [-0.25, -0.2) is 0 Å².